The van der Waals surface area contributed by atoms with Crippen LogP contribution < -0.4 is 9.64 Å². The summed E-state index contributed by atoms with van der Waals surface area (Å²) in [6, 6.07) is 23.4. The lowest BCUT2D eigenvalue weighted by molar-refractivity contribution is -0.117. The second-order valence-electron chi connectivity index (χ2n) is 8.52. The van der Waals surface area contributed by atoms with Crippen molar-refractivity contribution in [3.05, 3.63) is 112 Å². The van der Waals surface area contributed by atoms with E-state index in [4.69, 9.17) is 4.74 Å². The van der Waals surface area contributed by atoms with Crippen molar-refractivity contribution in [3.63, 3.8) is 0 Å². The average Bonchev–Trinajstić information content (AvgIpc) is 3.42. The van der Waals surface area contributed by atoms with Crippen LogP contribution >= 0.6 is 11.3 Å². The van der Waals surface area contributed by atoms with Gasteiger partial charge in [-0.1, -0.05) is 54.6 Å². The van der Waals surface area contributed by atoms with Gasteiger partial charge in [0.1, 0.15) is 10.8 Å². The van der Waals surface area contributed by atoms with E-state index < -0.39 is 23.5 Å². The molecule has 1 N–H and O–H groups in total. The van der Waals surface area contributed by atoms with Crippen LogP contribution in [0.3, 0.4) is 0 Å². The van der Waals surface area contributed by atoms with E-state index in [1.54, 1.807) is 38.3 Å². The van der Waals surface area contributed by atoms with Crippen LogP contribution in [0.2, 0.25) is 0 Å². The topological polar surface area (TPSA) is 79.7 Å². The Labute approximate surface area is 213 Å². The standard InChI is InChI=1S/C29H24N2O4S/c1-17-9-7-8-12-22(17)24-23(26(33)29(34)31(24)20-13-15-21(35-3)16-14-20)25(32)27-18(2)30-28(36-27)19-10-5-4-6-11-19/h4-16,24,33H,1-3H3. The van der Waals surface area contributed by atoms with Gasteiger partial charge in [-0.2, -0.15) is 0 Å². The van der Waals surface area contributed by atoms with Crippen LogP contribution in [-0.2, 0) is 4.79 Å². The number of hydrogen-bond acceptors (Lipinski definition) is 6. The maximum absolute atomic E-state index is 14.0. The molecule has 0 fully saturated rings. The average molecular weight is 497 g/mol. The molecule has 0 saturated carbocycles. The van der Waals surface area contributed by atoms with Gasteiger partial charge in [-0.25, -0.2) is 4.98 Å². The highest BCUT2D eigenvalue weighted by molar-refractivity contribution is 7.17. The molecular formula is C29H24N2O4S. The summed E-state index contributed by atoms with van der Waals surface area (Å²) in [6.45, 7) is 3.70. The predicted octanol–water partition coefficient (Wildman–Crippen LogP) is 6.22. The molecule has 0 spiro atoms. The maximum atomic E-state index is 14.0. The van der Waals surface area contributed by atoms with Gasteiger partial charge in [0, 0.05) is 11.3 Å². The number of carbonyl (C=O) groups excluding carboxylic acids is 2. The molecule has 2 heterocycles. The van der Waals surface area contributed by atoms with Gasteiger partial charge >= 0.3 is 0 Å². The molecule has 1 aromatic heterocycles. The maximum Gasteiger partial charge on any atom is 0.294 e. The number of aryl methyl sites for hydroxylation is 2. The molecule has 1 unspecified atom stereocenters. The molecule has 0 saturated heterocycles. The predicted molar refractivity (Wildman–Crippen MR) is 141 cm³/mol. The van der Waals surface area contributed by atoms with Crippen molar-refractivity contribution in [3.8, 4) is 16.3 Å². The molecule has 6 nitrogen and oxygen atoms in total. The number of benzene rings is 3. The van der Waals surface area contributed by atoms with Gasteiger partial charge in [0.2, 0.25) is 5.78 Å². The van der Waals surface area contributed by atoms with E-state index in [1.165, 1.54) is 16.2 Å². The van der Waals surface area contributed by atoms with Crippen molar-refractivity contribution in [1.29, 1.82) is 0 Å². The molecule has 36 heavy (non-hydrogen) atoms. The first-order valence-corrected chi connectivity index (χ1v) is 12.3. The second-order valence-corrected chi connectivity index (χ2v) is 9.52. The van der Waals surface area contributed by atoms with E-state index in [-0.39, 0.29) is 5.57 Å². The summed E-state index contributed by atoms with van der Waals surface area (Å²) in [5, 5.41) is 11.8. The third kappa shape index (κ3) is 3.97. The molecule has 5 rings (SSSR count). The van der Waals surface area contributed by atoms with E-state index in [0.717, 1.165) is 16.7 Å². The Morgan fingerprint density at radius 1 is 0.972 bits per heavy atom. The van der Waals surface area contributed by atoms with Crippen LogP contribution in [0.5, 0.6) is 5.75 Å². The van der Waals surface area contributed by atoms with Crippen LogP contribution in [0, 0.1) is 13.8 Å². The number of Topliss-reactive ketones (excluding diaryl/α,β-unsaturated/α-hetero) is 1. The quantitative estimate of drug-likeness (QED) is 0.321. The van der Waals surface area contributed by atoms with Crippen molar-refractivity contribution in [1.82, 2.24) is 4.98 Å². The molecule has 1 atom stereocenters. The number of amides is 1. The minimum Gasteiger partial charge on any atom is -0.503 e. The largest absolute Gasteiger partial charge is 0.503 e. The van der Waals surface area contributed by atoms with E-state index >= 15 is 0 Å². The van der Waals surface area contributed by atoms with Gasteiger partial charge in [-0.05, 0) is 49.2 Å². The van der Waals surface area contributed by atoms with Gasteiger partial charge in [0.15, 0.2) is 5.76 Å². The first kappa shape index (κ1) is 23.5. The fourth-order valence-electron chi connectivity index (χ4n) is 4.47. The van der Waals surface area contributed by atoms with E-state index in [2.05, 4.69) is 4.98 Å². The van der Waals surface area contributed by atoms with E-state index in [1.807, 2.05) is 61.5 Å². The number of ketones is 1. The van der Waals surface area contributed by atoms with Crippen molar-refractivity contribution in [2.24, 2.45) is 0 Å². The fourth-order valence-corrected chi connectivity index (χ4v) is 5.49. The first-order chi connectivity index (χ1) is 17.4. The number of thiazole rings is 1. The summed E-state index contributed by atoms with van der Waals surface area (Å²) in [4.78, 5) is 33.9. The smallest absolute Gasteiger partial charge is 0.294 e. The number of nitrogens with zero attached hydrogens (tertiary/aromatic N) is 2. The van der Waals surface area contributed by atoms with Gasteiger partial charge in [0.25, 0.3) is 5.91 Å². The minimum absolute atomic E-state index is 0.0523. The summed E-state index contributed by atoms with van der Waals surface area (Å²) in [5.41, 5.74) is 3.73. The van der Waals surface area contributed by atoms with Crippen molar-refractivity contribution >= 4 is 28.7 Å². The third-order valence-electron chi connectivity index (χ3n) is 6.31. The van der Waals surface area contributed by atoms with Crippen molar-refractivity contribution in [2.45, 2.75) is 19.9 Å². The Morgan fingerprint density at radius 3 is 2.31 bits per heavy atom. The zero-order valence-electron chi connectivity index (χ0n) is 20.1. The molecule has 0 aliphatic carbocycles. The highest BCUT2D eigenvalue weighted by atomic mass is 32.1. The molecule has 7 heteroatoms. The first-order valence-electron chi connectivity index (χ1n) is 11.4. The summed E-state index contributed by atoms with van der Waals surface area (Å²) in [5.74, 6) is -0.928. The number of aromatic nitrogens is 1. The SMILES string of the molecule is COc1ccc(N2C(=O)C(O)=C(C(=O)c3sc(-c4ccccc4)nc3C)C2c2ccccc2C)cc1. The van der Waals surface area contributed by atoms with Crippen LogP contribution in [0.1, 0.15) is 32.5 Å². The fraction of sp³-hybridized carbons (Fsp3) is 0.138. The van der Waals surface area contributed by atoms with Gasteiger partial charge in [-0.3, -0.25) is 14.5 Å². The highest BCUT2D eigenvalue weighted by Crippen LogP contribution is 2.44. The molecular weight excluding hydrogens is 472 g/mol. The number of ether oxygens (including phenoxy) is 1. The minimum atomic E-state index is -0.790. The number of carbonyl (C=O) groups is 2. The summed E-state index contributed by atoms with van der Waals surface area (Å²) in [7, 11) is 1.57. The third-order valence-corrected chi connectivity index (χ3v) is 7.52. The lowest BCUT2D eigenvalue weighted by Gasteiger charge is -2.28. The lowest BCUT2D eigenvalue weighted by Crippen LogP contribution is -2.31. The van der Waals surface area contributed by atoms with Crippen LogP contribution in [0.4, 0.5) is 5.69 Å². The lowest BCUT2D eigenvalue weighted by atomic mass is 9.92. The number of anilines is 1. The van der Waals surface area contributed by atoms with E-state index in [9.17, 15) is 14.7 Å². The Balaban J connectivity index is 1.63. The summed E-state index contributed by atoms with van der Waals surface area (Å²) < 4.78 is 5.26. The van der Waals surface area contributed by atoms with Crippen molar-refractivity contribution in [2.75, 3.05) is 12.0 Å². The van der Waals surface area contributed by atoms with Crippen LogP contribution in [0.15, 0.2) is 90.2 Å². The molecule has 180 valence electrons. The normalized spacial score (nSPS) is 15.5. The highest BCUT2D eigenvalue weighted by Gasteiger charge is 2.45. The summed E-state index contributed by atoms with van der Waals surface area (Å²) >= 11 is 1.26. The Bertz CT molecular complexity index is 1490. The van der Waals surface area contributed by atoms with Gasteiger partial charge < -0.3 is 9.84 Å². The molecule has 0 radical (unpaired) electrons. The molecule has 1 amide bonds. The monoisotopic (exact) mass is 496 g/mol. The van der Waals surface area contributed by atoms with Crippen molar-refractivity contribution < 1.29 is 19.4 Å². The Kier molecular flexibility index (Phi) is 6.16. The molecule has 4 aromatic rings. The molecule has 1 aliphatic rings. The van der Waals surface area contributed by atoms with E-state index in [0.29, 0.717) is 27.0 Å². The van der Waals surface area contributed by atoms with Crippen LogP contribution in [0.25, 0.3) is 10.6 Å². The number of hydrogen-bond donors (Lipinski definition) is 1. The van der Waals surface area contributed by atoms with Crippen LogP contribution in [-0.4, -0.2) is 28.9 Å². The Hall–Kier alpha value is -4.23. The van der Waals surface area contributed by atoms with Gasteiger partial charge in [-0.15, -0.1) is 11.3 Å². The number of aliphatic hydroxyl groups is 1. The Morgan fingerprint density at radius 2 is 1.64 bits per heavy atom. The second kappa shape index (κ2) is 9.43. The number of aliphatic hydroxyl groups excluding tert-OH is 1. The number of rotatable bonds is 6. The molecule has 0 bridgehead atoms. The summed E-state index contributed by atoms with van der Waals surface area (Å²) in [6.07, 6.45) is 0. The van der Waals surface area contributed by atoms with Gasteiger partial charge in [0.05, 0.1) is 29.3 Å². The molecule has 3 aromatic carbocycles. The zero-order chi connectivity index (χ0) is 25.4. The molecule has 1 aliphatic heterocycles. The number of methoxy groups -OCH3 is 1. The zero-order valence-corrected chi connectivity index (χ0v) is 20.9.